The van der Waals surface area contributed by atoms with E-state index in [1.807, 2.05) is 30.3 Å². The summed E-state index contributed by atoms with van der Waals surface area (Å²) in [6, 6.07) is 10.6. The predicted molar refractivity (Wildman–Crippen MR) is 87.1 cm³/mol. The average molecular weight is 300 g/mol. The van der Waals surface area contributed by atoms with Gasteiger partial charge in [-0.1, -0.05) is 49.0 Å². The molecule has 118 valence electrons. The highest BCUT2D eigenvalue weighted by Gasteiger charge is 2.11. The Hall–Kier alpha value is -1.95. The summed E-state index contributed by atoms with van der Waals surface area (Å²) < 4.78 is 1.73. The standard InChI is InChI=1S/C16H24N6/c1-2-5-9-14(8-4-1)17-12-13-18-16-19-20-21-22(16)15-10-6-3-7-11-15/h3,6-7,10-11,14,17H,1-2,4-5,8-9,12-13H2,(H,18,19,21). The molecule has 1 aliphatic rings. The van der Waals surface area contributed by atoms with Gasteiger partial charge >= 0.3 is 0 Å². The van der Waals surface area contributed by atoms with Crippen LogP contribution in [0.25, 0.3) is 5.69 Å². The molecule has 1 fully saturated rings. The molecule has 0 aliphatic heterocycles. The Morgan fingerprint density at radius 2 is 1.77 bits per heavy atom. The van der Waals surface area contributed by atoms with Crippen LogP contribution in [0, 0.1) is 0 Å². The topological polar surface area (TPSA) is 67.7 Å². The number of para-hydroxylation sites is 1. The van der Waals surface area contributed by atoms with Gasteiger partial charge in [0, 0.05) is 19.1 Å². The summed E-state index contributed by atoms with van der Waals surface area (Å²) in [6.07, 6.45) is 8.11. The average Bonchev–Trinajstić information content (AvgIpc) is 2.87. The third kappa shape index (κ3) is 4.04. The SMILES string of the molecule is c1ccc(-n2nnnc2NCCNC2CCCCCC2)cc1. The molecule has 1 aromatic carbocycles. The van der Waals surface area contributed by atoms with Crippen molar-refractivity contribution in [3.8, 4) is 5.69 Å². The summed E-state index contributed by atoms with van der Waals surface area (Å²) in [5.41, 5.74) is 0.965. The third-order valence-electron chi connectivity index (χ3n) is 4.17. The second-order valence-corrected chi connectivity index (χ2v) is 5.82. The molecule has 1 saturated carbocycles. The molecule has 1 heterocycles. The Morgan fingerprint density at radius 1 is 1.00 bits per heavy atom. The lowest BCUT2D eigenvalue weighted by Crippen LogP contribution is -2.32. The molecule has 0 saturated heterocycles. The van der Waals surface area contributed by atoms with Crippen molar-refractivity contribution in [3.63, 3.8) is 0 Å². The molecule has 2 N–H and O–H groups in total. The maximum Gasteiger partial charge on any atom is 0.247 e. The Bertz CT molecular complexity index is 545. The molecule has 6 nitrogen and oxygen atoms in total. The highest BCUT2D eigenvalue weighted by Crippen LogP contribution is 2.17. The molecule has 0 radical (unpaired) electrons. The first-order valence-electron chi connectivity index (χ1n) is 8.24. The van der Waals surface area contributed by atoms with Gasteiger partial charge in [-0.2, -0.15) is 4.68 Å². The Balaban J connectivity index is 1.47. The van der Waals surface area contributed by atoms with Crippen molar-refractivity contribution in [2.45, 2.75) is 44.6 Å². The summed E-state index contributed by atoms with van der Waals surface area (Å²) in [6.45, 7) is 1.76. The van der Waals surface area contributed by atoms with Crippen molar-refractivity contribution >= 4 is 5.95 Å². The number of hydrogen-bond acceptors (Lipinski definition) is 5. The quantitative estimate of drug-likeness (QED) is 0.633. The first-order valence-corrected chi connectivity index (χ1v) is 8.24. The van der Waals surface area contributed by atoms with Crippen molar-refractivity contribution in [2.75, 3.05) is 18.4 Å². The Kier molecular flexibility index (Phi) is 5.37. The predicted octanol–water partition coefficient (Wildman–Crippen LogP) is 2.39. The van der Waals surface area contributed by atoms with E-state index in [4.69, 9.17) is 0 Å². The zero-order chi connectivity index (χ0) is 15.0. The normalized spacial score (nSPS) is 16.4. The van der Waals surface area contributed by atoms with Gasteiger partial charge in [0.1, 0.15) is 0 Å². The zero-order valence-corrected chi connectivity index (χ0v) is 12.9. The van der Waals surface area contributed by atoms with Crippen molar-refractivity contribution in [1.82, 2.24) is 25.5 Å². The van der Waals surface area contributed by atoms with E-state index in [1.165, 1.54) is 38.5 Å². The molecule has 22 heavy (non-hydrogen) atoms. The second-order valence-electron chi connectivity index (χ2n) is 5.82. The monoisotopic (exact) mass is 300 g/mol. The van der Waals surface area contributed by atoms with Gasteiger partial charge in [0.25, 0.3) is 0 Å². The van der Waals surface area contributed by atoms with Crippen LogP contribution in [0.5, 0.6) is 0 Å². The third-order valence-corrected chi connectivity index (χ3v) is 4.17. The summed E-state index contributed by atoms with van der Waals surface area (Å²) in [4.78, 5) is 0. The maximum absolute atomic E-state index is 4.05. The maximum atomic E-state index is 4.05. The number of nitrogens with zero attached hydrogens (tertiary/aromatic N) is 4. The molecule has 2 aromatic rings. The molecular weight excluding hydrogens is 276 g/mol. The van der Waals surface area contributed by atoms with Crippen LogP contribution in [-0.4, -0.2) is 39.3 Å². The summed E-state index contributed by atoms with van der Waals surface area (Å²) in [5.74, 6) is 0.689. The number of rotatable bonds is 6. The van der Waals surface area contributed by atoms with Gasteiger partial charge < -0.3 is 10.6 Å². The number of tetrazole rings is 1. The van der Waals surface area contributed by atoms with E-state index in [-0.39, 0.29) is 0 Å². The smallest absolute Gasteiger partial charge is 0.247 e. The minimum absolute atomic E-state index is 0.675. The van der Waals surface area contributed by atoms with E-state index in [0.29, 0.717) is 12.0 Å². The van der Waals surface area contributed by atoms with Gasteiger partial charge in [0.15, 0.2) is 0 Å². The lowest BCUT2D eigenvalue weighted by molar-refractivity contribution is 0.468. The van der Waals surface area contributed by atoms with E-state index >= 15 is 0 Å². The van der Waals surface area contributed by atoms with E-state index in [0.717, 1.165) is 18.8 Å². The summed E-state index contributed by atoms with van der Waals surface area (Å²) in [7, 11) is 0. The highest BCUT2D eigenvalue weighted by molar-refractivity contribution is 5.38. The minimum atomic E-state index is 0.675. The van der Waals surface area contributed by atoms with Gasteiger partial charge in [-0.15, -0.1) is 0 Å². The van der Waals surface area contributed by atoms with E-state index < -0.39 is 0 Å². The van der Waals surface area contributed by atoms with Crippen LogP contribution in [0.15, 0.2) is 30.3 Å². The molecule has 0 bridgehead atoms. The van der Waals surface area contributed by atoms with Gasteiger partial charge in [0.05, 0.1) is 5.69 Å². The lowest BCUT2D eigenvalue weighted by Gasteiger charge is -2.16. The fourth-order valence-electron chi connectivity index (χ4n) is 2.97. The van der Waals surface area contributed by atoms with E-state index in [1.54, 1.807) is 4.68 Å². The van der Waals surface area contributed by atoms with Crippen molar-refractivity contribution < 1.29 is 0 Å². The van der Waals surface area contributed by atoms with Crippen LogP contribution in [0.2, 0.25) is 0 Å². The fraction of sp³-hybridized carbons (Fsp3) is 0.562. The largest absolute Gasteiger partial charge is 0.351 e. The first kappa shape index (κ1) is 15.0. The second kappa shape index (κ2) is 7.89. The van der Waals surface area contributed by atoms with Crippen molar-refractivity contribution in [2.24, 2.45) is 0 Å². The molecule has 0 amide bonds. The number of benzene rings is 1. The Labute approximate surface area is 131 Å². The van der Waals surface area contributed by atoms with Gasteiger partial charge in [-0.3, -0.25) is 0 Å². The summed E-state index contributed by atoms with van der Waals surface area (Å²) in [5, 5.41) is 18.8. The highest BCUT2D eigenvalue weighted by atomic mass is 15.6. The summed E-state index contributed by atoms with van der Waals surface area (Å²) >= 11 is 0. The van der Waals surface area contributed by atoms with Crippen molar-refractivity contribution in [3.05, 3.63) is 30.3 Å². The lowest BCUT2D eigenvalue weighted by atomic mass is 10.1. The molecule has 1 aromatic heterocycles. The van der Waals surface area contributed by atoms with Crippen LogP contribution in [0.3, 0.4) is 0 Å². The Morgan fingerprint density at radius 3 is 2.55 bits per heavy atom. The molecule has 3 rings (SSSR count). The van der Waals surface area contributed by atoms with Crippen molar-refractivity contribution in [1.29, 1.82) is 0 Å². The van der Waals surface area contributed by atoms with Crippen LogP contribution in [-0.2, 0) is 0 Å². The van der Waals surface area contributed by atoms with Crippen LogP contribution < -0.4 is 10.6 Å². The van der Waals surface area contributed by atoms with Crippen LogP contribution in [0.1, 0.15) is 38.5 Å². The van der Waals surface area contributed by atoms with E-state index in [9.17, 15) is 0 Å². The minimum Gasteiger partial charge on any atom is -0.351 e. The molecule has 6 heteroatoms. The number of nitrogens with one attached hydrogen (secondary N) is 2. The number of aromatic nitrogens is 4. The van der Waals surface area contributed by atoms with Crippen LogP contribution >= 0.6 is 0 Å². The van der Waals surface area contributed by atoms with Gasteiger partial charge in [-0.05, 0) is 35.4 Å². The zero-order valence-electron chi connectivity index (χ0n) is 12.9. The molecule has 0 unspecified atom stereocenters. The molecule has 0 atom stereocenters. The molecule has 0 spiro atoms. The van der Waals surface area contributed by atoms with Gasteiger partial charge in [-0.25, -0.2) is 0 Å². The fourth-order valence-corrected chi connectivity index (χ4v) is 2.97. The first-order chi connectivity index (χ1) is 10.9. The molecule has 1 aliphatic carbocycles. The van der Waals surface area contributed by atoms with Gasteiger partial charge in [0.2, 0.25) is 5.95 Å². The van der Waals surface area contributed by atoms with E-state index in [2.05, 4.69) is 26.2 Å². The number of hydrogen-bond donors (Lipinski definition) is 2. The number of anilines is 1. The van der Waals surface area contributed by atoms with Crippen LogP contribution in [0.4, 0.5) is 5.95 Å². The molecular formula is C16H24N6.